The highest BCUT2D eigenvalue weighted by Gasteiger charge is 2.19. The van der Waals surface area contributed by atoms with Crippen LogP contribution in [-0.2, 0) is 28.6 Å². The first-order chi connectivity index (χ1) is 24.9. The summed E-state index contributed by atoms with van der Waals surface area (Å²) in [6.45, 7) is 8.95. The van der Waals surface area contributed by atoms with Crippen LogP contribution in [0.1, 0.15) is 246 Å². The third-order valence-corrected chi connectivity index (χ3v) is 10.0. The van der Waals surface area contributed by atoms with Crippen LogP contribution in [-0.4, -0.2) is 37.2 Å². The van der Waals surface area contributed by atoms with Gasteiger partial charge in [0.25, 0.3) is 0 Å². The number of carbonyl (C=O) groups excluding carboxylic acids is 3. The lowest BCUT2D eigenvalue weighted by Gasteiger charge is -2.18. The van der Waals surface area contributed by atoms with Crippen molar-refractivity contribution < 1.29 is 28.6 Å². The lowest BCUT2D eigenvalue weighted by molar-refractivity contribution is -0.167. The number of carbonyl (C=O) groups is 3. The van der Waals surface area contributed by atoms with Crippen LogP contribution in [0.5, 0.6) is 0 Å². The Balaban J connectivity index is 4.22. The van der Waals surface area contributed by atoms with Gasteiger partial charge in [-0.05, 0) is 25.2 Å². The van der Waals surface area contributed by atoms with E-state index >= 15 is 0 Å². The van der Waals surface area contributed by atoms with Crippen molar-refractivity contribution >= 4 is 17.9 Å². The Morgan fingerprint density at radius 2 is 0.647 bits per heavy atom. The quantitative estimate of drug-likeness (QED) is 0.0356. The molecule has 0 aliphatic rings. The fourth-order valence-corrected chi connectivity index (χ4v) is 6.63. The van der Waals surface area contributed by atoms with Crippen LogP contribution in [0.25, 0.3) is 0 Å². The lowest BCUT2D eigenvalue weighted by Crippen LogP contribution is -2.30. The maximum atomic E-state index is 12.7. The minimum absolute atomic E-state index is 0.0645. The van der Waals surface area contributed by atoms with Gasteiger partial charge >= 0.3 is 17.9 Å². The average Bonchev–Trinajstić information content (AvgIpc) is 3.11. The van der Waals surface area contributed by atoms with E-state index in [1.54, 1.807) is 0 Å². The Morgan fingerprint density at radius 1 is 0.373 bits per heavy atom. The molecule has 0 unspecified atom stereocenters. The summed E-state index contributed by atoms with van der Waals surface area (Å²) in [5.41, 5.74) is 0. The largest absolute Gasteiger partial charge is 0.462 e. The zero-order valence-corrected chi connectivity index (χ0v) is 34.6. The highest BCUT2D eigenvalue weighted by molar-refractivity contribution is 5.71. The molecular formula is C45H86O6. The molecule has 0 spiro atoms. The predicted octanol–water partition coefficient (Wildman–Crippen LogP) is 13.9. The van der Waals surface area contributed by atoms with Gasteiger partial charge in [-0.1, -0.05) is 207 Å². The molecule has 302 valence electrons. The van der Waals surface area contributed by atoms with Crippen molar-refractivity contribution in [3.63, 3.8) is 0 Å². The molecule has 0 aromatic rings. The number of unbranched alkanes of at least 4 members (excludes halogenated alkanes) is 27. The van der Waals surface area contributed by atoms with Crippen molar-refractivity contribution in [1.82, 2.24) is 0 Å². The summed E-state index contributed by atoms with van der Waals surface area (Å²) in [6, 6.07) is 0. The van der Waals surface area contributed by atoms with Gasteiger partial charge in [-0.25, -0.2) is 0 Å². The second-order valence-corrected chi connectivity index (χ2v) is 15.8. The third kappa shape index (κ3) is 39.5. The first-order valence-electron chi connectivity index (χ1n) is 22.4. The van der Waals surface area contributed by atoms with Crippen LogP contribution in [0.4, 0.5) is 0 Å². The third-order valence-electron chi connectivity index (χ3n) is 10.0. The summed E-state index contributed by atoms with van der Waals surface area (Å²) in [7, 11) is 0. The van der Waals surface area contributed by atoms with Crippen molar-refractivity contribution in [2.75, 3.05) is 13.2 Å². The Bertz CT molecular complexity index is 766. The molecule has 6 heteroatoms. The van der Waals surface area contributed by atoms with Crippen LogP contribution >= 0.6 is 0 Å². The topological polar surface area (TPSA) is 78.9 Å². The predicted molar refractivity (Wildman–Crippen MR) is 215 cm³/mol. The number of hydrogen-bond acceptors (Lipinski definition) is 6. The van der Waals surface area contributed by atoms with Gasteiger partial charge in [0.2, 0.25) is 0 Å². The summed E-state index contributed by atoms with van der Waals surface area (Å²) >= 11 is 0. The van der Waals surface area contributed by atoms with E-state index in [0.29, 0.717) is 19.3 Å². The number of ether oxygens (including phenoxy) is 3. The van der Waals surface area contributed by atoms with Gasteiger partial charge in [0.15, 0.2) is 6.10 Å². The normalized spacial score (nSPS) is 11.9. The molecule has 1 atom stereocenters. The van der Waals surface area contributed by atoms with E-state index in [9.17, 15) is 14.4 Å². The minimum atomic E-state index is -0.757. The van der Waals surface area contributed by atoms with Crippen LogP contribution in [0, 0.1) is 5.92 Å². The molecule has 0 aromatic carbocycles. The molecule has 51 heavy (non-hydrogen) atoms. The smallest absolute Gasteiger partial charge is 0.306 e. The average molecular weight is 723 g/mol. The number of hydrogen-bond donors (Lipinski definition) is 0. The Hall–Kier alpha value is -1.59. The van der Waals surface area contributed by atoms with Crippen molar-refractivity contribution in [3.8, 4) is 0 Å². The molecule has 0 bridgehead atoms. The van der Waals surface area contributed by atoms with Crippen molar-refractivity contribution in [3.05, 3.63) is 0 Å². The molecule has 0 saturated carbocycles. The van der Waals surface area contributed by atoms with E-state index in [1.807, 2.05) is 0 Å². The highest BCUT2D eigenvalue weighted by atomic mass is 16.6. The molecule has 0 rings (SSSR count). The monoisotopic (exact) mass is 723 g/mol. The van der Waals surface area contributed by atoms with Crippen LogP contribution in [0.3, 0.4) is 0 Å². The molecule has 0 amide bonds. The van der Waals surface area contributed by atoms with E-state index in [1.165, 1.54) is 141 Å². The van der Waals surface area contributed by atoms with Crippen molar-refractivity contribution in [2.24, 2.45) is 5.92 Å². The fraction of sp³-hybridized carbons (Fsp3) is 0.933. The Labute approximate surface area is 317 Å². The van der Waals surface area contributed by atoms with E-state index in [-0.39, 0.29) is 31.1 Å². The molecule has 0 radical (unpaired) electrons. The summed E-state index contributed by atoms with van der Waals surface area (Å²) in [4.78, 5) is 37.5. The van der Waals surface area contributed by atoms with Crippen LogP contribution in [0.2, 0.25) is 0 Å². The SMILES string of the molecule is CCCCCCCCCCCC(=O)OC[C@@H](COC(=O)CCCCCCCCC)OC(=O)CCCCCCCCCCCCCCCCC(C)C. The molecule has 6 nitrogen and oxygen atoms in total. The number of rotatable bonds is 40. The molecule has 0 aromatic heterocycles. The second-order valence-electron chi connectivity index (χ2n) is 15.8. The van der Waals surface area contributed by atoms with E-state index in [0.717, 1.165) is 63.7 Å². The molecule has 0 aliphatic heterocycles. The standard InChI is InChI=1S/C45H86O6/c1-5-7-9-11-13-20-25-29-33-37-44(47)50-40-42(39-49-43(46)36-32-28-23-12-10-8-6-2)51-45(48)38-34-30-26-22-19-17-15-14-16-18-21-24-27-31-35-41(3)4/h41-42H,5-40H2,1-4H3/t42-/m1/s1. The Morgan fingerprint density at radius 3 is 0.961 bits per heavy atom. The fourth-order valence-electron chi connectivity index (χ4n) is 6.63. The van der Waals surface area contributed by atoms with Crippen LogP contribution in [0.15, 0.2) is 0 Å². The van der Waals surface area contributed by atoms with Gasteiger partial charge in [-0.15, -0.1) is 0 Å². The molecule has 0 heterocycles. The van der Waals surface area contributed by atoms with Crippen molar-refractivity contribution in [1.29, 1.82) is 0 Å². The van der Waals surface area contributed by atoms with Gasteiger partial charge < -0.3 is 14.2 Å². The number of esters is 3. The first kappa shape index (κ1) is 49.4. The first-order valence-corrected chi connectivity index (χ1v) is 22.4. The summed E-state index contributed by atoms with van der Waals surface area (Å²) in [6.07, 6.45) is 38.1. The summed E-state index contributed by atoms with van der Waals surface area (Å²) in [5.74, 6) is -0.0203. The molecular weight excluding hydrogens is 636 g/mol. The van der Waals surface area contributed by atoms with E-state index < -0.39 is 6.10 Å². The Kier molecular flexibility index (Phi) is 38.4. The van der Waals surface area contributed by atoms with Gasteiger partial charge in [0.1, 0.15) is 13.2 Å². The maximum Gasteiger partial charge on any atom is 0.306 e. The van der Waals surface area contributed by atoms with Gasteiger partial charge in [-0.3, -0.25) is 14.4 Å². The minimum Gasteiger partial charge on any atom is -0.462 e. The van der Waals surface area contributed by atoms with E-state index in [2.05, 4.69) is 27.7 Å². The summed E-state index contributed by atoms with van der Waals surface area (Å²) < 4.78 is 16.6. The maximum absolute atomic E-state index is 12.7. The second kappa shape index (κ2) is 39.6. The van der Waals surface area contributed by atoms with Gasteiger partial charge in [0, 0.05) is 19.3 Å². The summed E-state index contributed by atoms with van der Waals surface area (Å²) in [5, 5.41) is 0. The highest BCUT2D eigenvalue weighted by Crippen LogP contribution is 2.16. The lowest BCUT2D eigenvalue weighted by atomic mass is 10.0. The molecule has 0 aliphatic carbocycles. The van der Waals surface area contributed by atoms with E-state index in [4.69, 9.17) is 14.2 Å². The molecule has 0 N–H and O–H groups in total. The zero-order chi connectivity index (χ0) is 37.5. The molecule has 0 saturated heterocycles. The molecule has 0 fully saturated rings. The van der Waals surface area contributed by atoms with Crippen molar-refractivity contribution in [2.45, 2.75) is 252 Å². The van der Waals surface area contributed by atoms with Crippen LogP contribution < -0.4 is 0 Å². The van der Waals surface area contributed by atoms with Gasteiger partial charge in [0.05, 0.1) is 0 Å². The zero-order valence-electron chi connectivity index (χ0n) is 34.6. The van der Waals surface area contributed by atoms with Gasteiger partial charge in [-0.2, -0.15) is 0 Å².